The van der Waals surface area contributed by atoms with Crippen molar-refractivity contribution in [3.8, 4) is 0 Å². The first-order valence-electron chi connectivity index (χ1n) is 7.54. The van der Waals surface area contributed by atoms with Crippen molar-refractivity contribution in [2.45, 2.75) is 26.7 Å². The quantitative estimate of drug-likeness (QED) is 0.151. The maximum absolute atomic E-state index is 11.4. The SMILES string of the molecule is C=C(C)C(=O)OOCCOC(=O)CCC(=O)OCCOOC(=O)C(=C)C. The van der Waals surface area contributed by atoms with Gasteiger partial charge in [0.25, 0.3) is 0 Å². The number of rotatable bonds is 13. The molecule has 0 radical (unpaired) electrons. The van der Waals surface area contributed by atoms with E-state index in [1.165, 1.54) is 13.8 Å². The lowest BCUT2D eigenvalue weighted by Crippen LogP contribution is -2.16. The molecule has 0 aromatic carbocycles. The summed E-state index contributed by atoms with van der Waals surface area (Å²) < 4.78 is 9.50. The van der Waals surface area contributed by atoms with Crippen molar-refractivity contribution in [2.75, 3.05) is 26.4 Å². The van der Waals surface area contributed by atoms with Crippen molar-refractivity contribution in [2.24, 2.45) is 0 Å². The van der Waals surface area contributed by atoms with Crippen LogP contribution in [0.15, 0.2) is 24.3 Å². The van der Waals surface area contributed by atoms with Gasteiger partial charge in [0.15, 0.2) is 0 Å². The van der Waals surface area contributed by atoms with E-state index >= 15 is 0 Å². The van der Waals surface area contributed by atoms with Gasteiger partial charge in [0.05, 0.1) is 12.8 Å². The molecule has 0 saturated heterocycles. The fraction of sp³-hybridized carbons (Fsp3) is 0.500. The van der Waals surface area contributed by atoms with E-state index in [9.17, 15) is 19.2 Å². The maximum Gasteiger partial charge on any atom is 0.368 e. The van der Waals surface area contributed by atoms with E-state index in [1.807, 2.05) is 0 Å². The summed E-state index contributed by atoms with van der Waals surface area (Å²) in [6.45, 7) is 8.98. The van der Waals surface area contributed by atoms with Gasteiger partial charge in [-0.25, -0.2) is 9.59 Å². The highest BCUT2D eigenvalue weighted by Crippen LogP contribution is 1.98. The average Bonchev–Trinajstić information content (AvgIpc) is 2.58. The minimum atomic E-state index is -0.725. The second-order valence-corrected chi connectivity index (χ2v) is 4.89. The summed E-state index contributed by atoms with van der Waals surface area (Å²) in [5.74, 6) is -2.75. The van der Waals surface area contributed by atoms with Gasteiger partial charge < -0.3 is 9.47 Å². The zero-order valence-corrected chi connectivity index (χ0v) is 14.7. The van der Waals surface area contributed by atoms with Crippen molar-refractivity contribution < 1.29 is 48.2 Å². The summed E-state index contributed by atoms with van der Waals surface area (Å²) >= 11 is 0. The van der Waals surface area contributed by atoms with Gasteiger partial charge in [0.2, 0.25) is 0 Å². The zero-order valence-electron chi connectivity index (χ0n) is 14.7. The van der Waals surface area contributed by atoms with Gasteiger partial charge >= 0.3 is 23.9 Å². The lowest BCUT2D eigenvalue weighted by atomic mass is 10.3. The molecule has 0 fully saturated rings. The van der Waals surface area contributed by atoms with Crippen molar-refractivity contribution in [3.63, 3.8) is 0 Å². The zero-order chi connectivity index (χ0) is 19.9. The van der Waals surface area contributed by atoms with Gasteiger partial charge in [-0.1, -0.05) is 13.2 Å². The molecule has 0 aromatic heterocycles. The van der Waals surface area contributed by atoms with Gasteiger partial charge in [-0.05, 0) is 13.8 Å². The third-order valence-electron chi connectivity index (χ3n) is 2.36. The molecule has 0 aliphatic carbocycles. The molecule has 0 bridgehead atoms. The summed E-state index contributed by atoms with van der Waals surface area (Å²) in [7, 11) is 0. The lowest BCUT2D eigenvalue weighted by Gasteiger charge is -2.06. The minimum absolute atomic E-state index is 0.153. The van der Waals surface area contributed by atoms with Crippen LogP contribution in [0.5, 0.6) is 0 Å². The second kappa shape index (κ2) is 13.6. The molecule has 0 unspecified atom stereocenters. The highest BCUT2D eigenvalue weighted by Gasteiger charge is 2.10. The highest BCUT2D eigenvalue weighted by atomic mass is 17.2. The first-order valence-corrected chi connectivity index (χ1v) is 7.54. The molecule has 0 atom stereocenters. The highest BCUT2D eigenvalue weighted by molar-refractivity contribution is 5.86. The van der Waals surface area contributed by atoms with E-state index in [2.05, 4.69) is 32.7 Å². The maximum atomic E-state index is 11.4. The molecular formula is C16H22O10. The minimum Gasteiger partial charge on any atom is -0.463 e. The Bertz CT molecular complexity index is 489. The summed E-state index contributed by atoms with van der Waals surface area (Å²) in [4.78, 5) is 62.3. The smallest absolute Gasteiger partial charge is 0.368 e. The Balaban J connectivity index is 3.60. The van der Waals surface area contributed by atoms with Crippen molar-refractivity contribution in [1.82, 2.24) is 0 Å². The van der Waals surface area contributed by atoms with Crippen LogP contribution in [-0.2, 0) is 48.2 Å². The average molecular weight is 374 g/mol. The molecule has 146 valence electrons. The summed E-state index contributed by atoms with van der Waals surface area (Å²) in [5, 5.41) is 0. The Morgan fingerprint density at radius 3 is 1.31 bits per heavy atom. The van der Waals surface area contributed by atoms with E-state index in [1.54, 1.807) is 0 Å². The predicted molar refractivity (Wildman–Crippen MR) is 84.9 cm³/mol. The summed E-state index contributed by atoms with van der Waals surface area (Å²) in [6.07, 6.45) is -0.397. The number of hydrogen-bond donors (Lipinski definition) is 0. The fourth-order valence-electron chi connectivity index (χ4n) is 1.06. The molecule has 0 heterocycles. The van der Waals surface area contributed by atoms with Gasteiger partial charge in [-0.2, -0.15) is 9.78 Å². The van der Waals surface area contributed by atoms with Crippen LogP contribution in [0, 0.1) is 0 Å². The van der Waals surface area contributed by atoms with Crippen LogP contribution < -0.4 is 0 Å². The van der Waals surface area contributed by atoms with Crippen LogP contribution in [0.25, 0.3) is 0 Å². The summed E-state index contributed by atoms with van der Waals surface area (Å²) in [6, 6.07) is 0. The van der Waals surface area contributed by atoms with Crippen LogP contribution in [0.2, 0.25) is 0 Å². The Morgan fingerprint density at radius 1 is 0.654 bits per heavy atom. The molecular weight excluding hydrogens is 352 g/mol. The Hall–Kier alpha value is -2.72. The molecule has 0 aliphatic heterocycles. The third kappa shape index (κ3) is 12.7. The summed E-state index contributed by atoms with van der Waals surface area (Å²) in [5.41, 5.74) is 0.333. The number of hydrogen-bond acceptors (Lipinski definition) is 10. The molecule has 0 saturated carbocycles. The van der Waals surface area contributed by atoms with Crippen LogP contribution >= 0.6 is 0 Å². The van der Waals surface area contributed by atoms with Crippen molar-refractivity contribution in [1.29, 1.82) is 0 Å². The lowest BCUT2D eigenvalue weighted by molar-refractivity contribution is -0.272. The molecule has 0 aliphatic rings. The van der Waals surface area contributed by atoms with Crippen LogP contribution in [0.3, 0.4) is 0 Å². The molecule has 0 amide bonds. The monoisotopic (exact) mass is 374 g/mol. The Morgan fingerprint density at radius 2 is 1.00 bits per heavy atom. The predicted octanol–water partition coefficient (Wildman–Crippen LogP) is 0.955. The van der Waals surface area contributed by atoms with Gasteiger partial charge in [-0.3, -0.25) is 19.4 Å². The van der Waals surface area contributed by atoms with Gasteiger partial charge in [0.1, 0.15) is 26.4 Å². The Kier molecular flexibility index (Phi) is 12.1. The van der Waals surface area contributed by atoms with Crippen LogP contribution in [0.4, 0.5) is 0 Å². The first kappa shape index (κ1) is 23.3. The molecule has 26 heavy (non-hydrogen) atoms. The molecule has 0 rings (SSSR count). The van der Waals surface area contributed by atoms with Gasteiger partial charge in [0, 0.05) is 11.1 Å². The fourth-order valence-corrected chi connectivity index (χ4v) is 1.06. The topological polar surface area (TPSA) is 124 Å². The second-order valence-electron chi connectivity index (χ2n) is 4.89. The molecule has 0 spiro atoms. The third-order valence-corrected chi connectivity index (χ3v) is 2.36. The van der Waals surface area contributed by atoms with E-state index < -0.39 is 23.9 Å². The van der Waals surface area contributed by atoms with E-state index in [0.717, 1.165) is 0 Å². The van der Waals surface area contributed by atoms with E-state index in [0.29, 0.717) is 0 Å². The Labute approximate surface area is 150 Å². The normalized spacial score (nSPS) is 9.77. The first-order chi connectivity index (χ1) is 12.2. The molecule has 0 aromatic rings. The van der Waals surface area contributed by atoms with Gasteiger partial charge in [-0.15, -0.1) is 0 Å². The number of esters is 2. The standard InChI is InChI=1S/C16H22O10/c1-11(2)15(19)25-23-9-7-21-13(17)5-6-14(18)22-8-10-24-26-16(20)12(3)4/h1,3,5-10H2,2,4H3. The molecule has 10 heteroatoms. The largest absolute Gasteiger partial charge is 0.463 e. The van der Waals surface area contributed by atoms with Crippen molar-refractivity contribution in [3.05, 3.63) is 24.3 Å². The van der Waals surface area contributed by atoms with Crippen LogP contribution in [0.1, 0.15) is 26.7 Å². The number of carbonyl (C=O) groups excluding carboxylic acids is 4. The molecule has 10 nitrogen and oxygen atoms in total. The number of ether oxygens (including phenoxy) is 2. The van der Waals surface area contributed by atoms with E-state index in [4.69, 9.17) is 9.47 Å². The van der Waals surface area contributed by atoms with Crippen LogP contribution in [-0.4, -0.2) is 50.3 Å². The number of carbonyl (C=O) groups is 4. The van der Waals surface area contributed by atoms with Crippen molar-refractivity contribution >= 4 is 23.9 Å². The molecule has 0 N–H and O–H groups in total. The van der Waals surface area contributed by atoms with E-state index in [-0.39, 0.29) is 50.4 Å².